The number of hydrogen-bond acceptors (Lipinski definition) is 3. The zero-order valence-electron chi connectivity index (χ0n) is 12.2. The summed E-state index contributed by atoms with van der Waals surface area (Å²) in [4.78, 5) is 0. The Morgan fingerprint density at radius 1 is 1.26 bits per heavy atom. The first-order valence-corrected chi connectivity index (χ1v) is 7.65. The Hall–Kier alpha value is -0.510. The van der Waals surface area contributed by atoms with Gasteiger partial charge < -0.3 is 10.2 Å². The van der Waals surface area contributed by atoms with Crippen LogP contribution in [0.3, 0.4) is 0 Å². The van der Waals surface area contributed by atoms with E-state index in [0.717, 1.165) is 17.5 Å². The molecule has 1 heterocycles. The molecule has 1 aliphatic heterocycles. The third-order valence-corrected chi connectivity index (χ3v) is 5.37. The number of benzene rings is 1. The van der Waals surface area contributed by atoms with Gasteiger partial charge in [-0.3, -0.25) is 0 Å². The van der Waals surface area contributed by atoms with Crippen LogP contribution in [0.5, 0.6) is 0 Å². The lowest BCUT2D eigenvalue weighted by atomic mass is 9.79. The molecule has 0 amide bonds. The topological polar surface area (TPSA) is 40.5 Å². The minimum absolute atomic E-state index is 0.0186. The predicted octanol–water partition coefficient (Wildman–Crippen LogP) is 3.32. The van der Waals surface area contributed by atoms with Crippen molar-refractivity contribution < 1.29 is 10.2 Å². The third-order valence-electron chi connectivity index (χ3n) is 3.87. The average Bonchev–Trinajstić information content (AvgIpc) is 2.25. The number of thioether (sulfide) groups is 1. The molecule has 1 aromatic carbocycles. The Kier molecular flexibility index (Phi) is 4.01. The van der Waals surface area contributed by atoms with E-state index in [0.29, 0.717) is 0 Å². The van der Waals surface area contributed by atoms with Crippen LogP contribution in [0, 0.1) is 0 Å². The van der Waals surface area contributed by atoms with Crippen molar-refractivity contribution in [3.8, 4) is 0 Å². The van der Waals surface area contributed by atoms with Gasteiger partial charge in [0.15, 0.2) is 0 Å². The van der Waals surface area contributed by atoms with Crippen molar-refractivity contribution in [2.24, 2.45) is 0 Å². The normalized spacial score (nSPS) is 29.2. The molecular formula is C16H24O2S. The van der Waals surface area contributed by atoms with E-state index in [-0.39, 0.29) is 28.1 Å². The highest BCUT2D eigenvalue weighted by Gasteiger charge is 2.46. The van der Waals surface area contributed by atoms with Crippen LogP contribution in [-0.2, 0) is 6.61 Å². The Morgan fingerprint density at radius 3 is 2.53 bits per heavy atom. The fourth-order valence-corrected chi connectivity index (χ4v) is 5.51. The summed E-state index contributed by atoms with van der Waals surface area (Å²) < 4.78 is 0.0866. The van der Waals surface area contributed by atoms with Crippen molar-refractivity contribution in [3.63, 3.8) is 0 Å². The number of aliphatic hydroxyl groups excluding tert-OH is 2. The van der Waals surface area contributed by atoms with Crippen LogP contribution in [-0.4, -0.2) is 25.8 Å². The van der Waals surface area contributed by atoms with Gasteiger partial charge in [-0.05, 0) is 31.4 Å². The van der Waals surface area contributed by atoms with Crippen LogP contribution in [0.25, 0.3) is 0 Å². The van der Waals surface area contributed by atoms with Crippen molar-refractivity contribution in [1.82, 2.24) is 0 Å². The van der Waals surface area contributed by atoms with Gasteiger partial charge in [0.05, 0.1) is 12.7 Å². The van der Waals surface area contributed by atoms with E-state index < -0.39 is 0 Å². The van der Waals surface area contributed by atoms with Gasteiger partial charge in [-0.15, -0.1) is 11.8 Å². The van der Waals surface area contributed by atoms with Gasteiger partial charge in [0.25, 0.3) is 0 Å². The molecule has 0 bridgehead atoms. The lowest BCUT2D eigenvalue weighted by molar-refractivity contribution is 0.103. The minimum Gasteiger partial charge on any atom is -0.392 e. The van der Waals surface area contributed by atoms with Crippen molar-refractivity contribution in [1.29, 1.82) is 0 Å². The summed E-state index contributed by atoms with van der Waals surface area (Å²) in [6.07, 6.45) is 0.468. The van der Waals surface area contributed by atoms with Crippen LogP contribution < -0.4 is 0 Å². The lowest BCUT2D eigenvalue weighted by Crippen LogP contribution is -2.46. The van der Waals surface area contributed by atoms with E-state index in [2.05, 4.69) is 33.8 Å². The smallest absolute Gasteiger partial charge is 0.0681 e. The van der Waals surface area contributed by atoms with Crippen molar-refractivity contribution in [3.05, 3.63) is 35.4 Å². The molecule has 1 aromatic rings. The fourth-order valence-electron chi connectivity index (χ4n) is 3.41. The molecule has 1 unspecified atom stereocenters. The standard InChI is InChI=1S/C16H24O2S/c1-15(2)9-13(18)14(16(3,4)19-15)12-7-5-6-11(8-12)10-17/h5-8,13-14,17-18H,9-10H2,1-4H3/t13-,14?/m0/s1. The van der Waals surface area contributed by atoms with E-state index >= 15 is 0 Å². The molecule has 1 aliphatic rings. The van der Waals surface area contributed by atoms with Gasteiger partial charge >= 0.3 is 0 Å². The van der Waals surface area contributed by atoms with Crippen LogP contribution in [0.2, 0.25) is 0 Å². The van der Waals surface area contributed by atoms with E-state index in [1.54, 1.807) is 0 Å². The molecule has 2 nitrogen and oxygen atoms in total. The van der Waals surface area contributed by atoms with Crippen LogP contribution >= 0.6 is 11.8 Å². The molecule has 0 spiro atoms. The maximum Gasteiger partial charge on any atom is 0.0681 e. The summed E-state index contributed by atoms with van der Waals surface area (Å²) in [6, 6.07) is 7.97. The van der Waals surface area contributed by atoms with Crippen LogP contribution in [0.15, 0.2) is 24.3 Å². The Balaban J connectivity index is 2.37. The molecule has 19 heavy (non-hydrogen) atoms. The van der Waals surface area contributed by atoms with Gasteiger partial charge in [-0.1, -0.05) is 38.1 Å². The fraction of sp³-hybridized carbons (Fsp3) is 0.625. The maximum absolute atomic E-state index is 10.6. The molecule has 1 fully saturated rings. The predicted molar refractivity (Wildman–Crippen MR) is 81.5 cm³/mol. The molecule has 2 rings (SSSR count). The van der Waals surface area contributed by atoms with Gasteiger partial charge in [0, 0.05) is 15.4 Å². The molecule has 0 aromatic heterocycles. The monoisotopic (exact) mass is 280 g/mol. The summed E-state index contributed by atoms with van der Waals surface area (Å²) >= 11 is 1.94. The Labute approximate surface area is 120 Å². The number of hydrogen-bond donors (Lipinski definition) is 2. The number of aliphatic hydroxyl groups is 2. The van der Waals surface area contributed by atoms with Gasteiger partial charge in [0.2, 0.25) is 0 Å². The molecule has 0 aliphatic carbocycles. The maximum atomic E-state index is 10.6. The molecular weight excluding hydrogens is 256 g/mol. The summed E-state index contributed by atoms with van der Waals surface area (Å²) in [6.45, 7) is 8.86. The molecule has 2 N–H and O–H groups in total. The highest BCUT2D eigenvalue weighted by molar-refractivity contribution is 8.02. The Bertz CT molecular complexity index is 454. The zero-order valence-corrected chi connectivity index (χ0v) is 13.0. The van der Waals surface area contributed by atoms with Crippen LogP contribution in [0.4, 0.5) is 0 Å². The first kappa shape index (κ1) is 14.9. The van der Waals surface area contributed by atoms with Gasteiger partial charge in [-0.25, -0.2) is 0 Å². The molecule has 1 saturated heterocycles. The summed E-state index contributed by atoms with van der Waals surface area (Å²) in [5.41, 5.74) is 2.04. The van der Waals surface area contributed by atoms with E-state index in [4.69, 9.17) is 0 Å². The molecule has 106 valence electrons. The van der Waals surface area contributed by atoms with E-state index in [1.165, 1.54) is 0 Å². The second-order valence-electron chi connectivity index (χ2n) is 6.62. The zero-order chi connectivity index (χ0) is 14.3. The summed E-state index contributed by atoms with van der Waals surface area (Å²) in [5, 5.41) is 19.9. The first-order valence-electron chi connectivity index (χ1n) is 6.83. The van der Waals surface area contributed by atoms with Crippen molar-refractivity contribution in [2.75, 3.05) is 0 Å². The van der Waals surface area contributed by atoms with Gasteiger partial charge in [-0.2, -0.15) is 0 Å². The van der Waals surface area contributed by atoms with Crippen molar-refractivity contribution in [2.45, 2.75) is 62.2 Å². The summed E-state index contributed by atoms with van der Waals surface area (Å²) in [7, 11) is 0. The van der Waals surface area contributed by atoms with Crippen molar-refractivity contribution >= 4 is 11.8 Å². The van der Waals surface area contributed by atoms with E-state index in [1.807, 2.05) is 30.0 Å². The second-order valence-corrected chi connectivity index (χ2v) is 8.98. The molecule has 0 radical (unpaired) electrons. The highest BCUT2D eigenvalue weighted by atomic mass is 32.2. The summed E-state index contributed by atoms with van der Waals surface area (Å²) in [5.74, 6) is 0.108. The lowest BCUT2D eigenvalue weighted by Gasteiger charge is -2.49. The molecule has 2 atom stereocenters. The highest BCUT2D eigenvalue weighted by Crippen LogP contribution is 2.54. The van der Waals surface area contributed by atoms with E-state index in [9.17, 15) is 10.2 Å². The molecule has 0 saturated carbocycles. The Morgan fingerprint density at radius 2 is 1.95 bits per heavy atom. The number of rotatable bonds is 2. The van der Waals surface area contributed by atoms with Gasteiger partial charge in [0.1, 0.15) is 0 Å². The quantitative estimate of drug-likeness (QED) is 0.873. The second kappa shape index (κ2) is 5.12. The average molecular weight is 280 g/mol. The van der Waals surface area contributed by atoms with Crippen LogP contribution in [0.1, 0.15) is 51.2 Å². The SMILES string of the molecule is CC1(C)C[C@H](O)C(c2cccc(CO)c2)C(C)(C)S1. The minimum atomic E-state index is -0.333. The third kappa shape index (κ3) is 3.15. The first-order chi connectivity index (χ1) is 8.75. The molecule has 3 heteroatoms. The largest absolute Gasteiger partial charge is 0.392 e.